The van der Waals surface area contributed by atoms with Crippen LogP contribution in [0.2, 0.25) is 0 Å². The lowest BCUT2D eigenvalue weighted by Crippen LogP contribution is -2.03. The van der Waals surface area contributed by atoms with Gasteiger partial charge in [0.1, 0.15) is 5.78 Å². The zero-order valence-corrected chi connectivity index (χ0v) is 10.3. The van der Waals surface area contributed by atoms with E-state index in [2.05, 4.69) is 39.8 Å². The number of hydrogen-bond donors (Lipinski definition) is 0. The van der Waals surface area contributed by atoms with Gasteiger partial charge < -0.3 is 4.79 Å². The van der Waals surface area contributed by atoms with E-state index in [0.717, 1.165) is 0 Å². The number of rotatable bonds is 3. The van der Waals surface area contributed by atoms with Crippen LogP contribution in [-0.4, -0.2) is 5.78 Å². The number of benzene rings is 1. The van der Waals surface area contributed by atoms with E-state index in [1.165, 1.54) is 22.3 Å². The summed E-state index contributed by atoms with van der Waals surface area (Å²) in [6.45, 7) is 10.2. The average molecular weight is 204 g/mol. The smallest absolute Gasteiger partial charge is 0.130 e. The Morgan fingerprint density at radius 1 is 1.13 bits per heavy atom. The second-order valence-corrected chi connectivity index (χ2v) is 4.60. The Morgan fingerprint density at radius 3 is 2.20 bits per heavy atom. The van der Waals surface area contributed by atoms with Gasteiger partial charge in [-0.25, -0.2) is 0 Å². The maximum atomic E-state index is 11.1. The molecule has 0 spiro atoms. The lowest BCUT2D eigenvalue weighted by Gasteiger charge is -2.15. The summed E-state index contributed by atoms with van der Waals surface area (Å²) < 4.78 is 0. The minimum Gasteiger partial charge on any atom is -0.300 e. The normalized spacial score (nSPS) is 12.6. The molecule has 0 heterocycles. The molecule has 1 heteroatoms. The van der Waals surface area contributed by atoms with Crippen molar-refractivity contribution in [3.8, 4) is 0 Å². The van der Waals surface area contributed by atoms with Gasteiger partial charge in [-0.2, -0.15) is 0 Å². The first kappa shape index (κ1) is 12.0. The molecule has 0 bridgehead atoms. The number of Topliss-reactive ketones (excluding diaryl/α,β-unsaturated/α-hetero) is 1. The summed E-state index contributed by atoms with van der Waals surface area (Å²) in [5, 5.41) is 0. The van der Waals surface area contributed by atoms with Crippen molar-refractivity contribution in [2.24, 2.45) is 0 Å². The van der Waals surface area contributed by atoms with E-state index in [9.17, 15) is 4.79 Å². The first-order chi connectivity index (χ1) is 6.91. The first-order valence-corrected chi connectivity index (χ1v) is 5.49. The van der Waals surface area contributed by atoms with Crippen LogP contribution in [0.3, 0.4) is 0 Å². The summed E-state index contributed by atoms with van der Waals surface area (Å²) in [5.74, 6) is 0.599. The molecule has 0 saturated carbocycles. The van der Waals surface area contributed by atoms with Crippen molar-refractivity contribution in [1.82, 2.24) is 0 Å². The van der Waals surface area contributed by atoms with E-state index < -0.39 is 0 Å². The summed E-state index contributed by atoms with van der Waals surface area (Å²) in [4.78, 5) is 11.1. The topological polar surface area (TPSA) is 17.1 Å². The predicted octanol–water partition coefficient (Wildman–Crippen LogP) is 3.69. The molecule has 1 aromatic carbocycles. The fourth-order valence-electron chi connectivity index (χ4n) is 2.05. The highest BCUT2D eigenvalue weighted by atomic mass is 16.1. The molecule has 0 aliphatic heterocycles. The van der Waals surface area contributed by atoms with Crippen molar-refractivity contribution in [3.05, 3.63) is 34.4 Å². The molecule has 0 aromatic heterocycles. The zero-order valence-electron chi connectivity index (χ0n) is 10.3. The van der Waals surface area contributed by atoms with Gasteiger partial charge in [0, 0.05) is 6.42 Å². The number of ketones is 1. The van der Waals surface area contributed by atoms with E-state index in [4.69, 9.17) is 0 Å². The predicted molar refractivity (Wildman–Crippen MR) is 64.4 cm³/mol. The number of aryl methyl sites for hydroxylation is 3. The third-order valence-corrected chi connectivity index (χ3v) is 3.01. The standard InChI is InChI=1S/C14H20O/c1-9-6-11(3)14(8-10(9)2)12(4)7-13(5)15/h6,8,12H,7H2,1-5H3. The van der Waals surface area contributed by atoms with Crippen molar-refractivity contribution in [2.45, 2.75) is 47.0 Å². The van der Waals surface area contributed by atoms with Crippen LogP contribution in [0.4, 0.5) is 0 Å². The molecule has 1 nitrogen and oxygen atoms in total. The van der Waals surface area contributed by atoms with Gasteiger partial charge in [-0.15, -0.1) is 0 Å². The molecule has 0 saturated heterocycles. The molecule has 0 radical (unpaired) electrons. The summed E-state index contributed by atoms with van der Waals surface area (Å²) in [7, 11) is 0. The number of carbonyl (C=O) groups is 1. The lowest BCUT2D eigenvalue weighted by atomic mass is 9.89. The second kappa shape index (κ2) is 4.61. The van der Waals surface area contributed by atoms with Crippen molar-refractivity contribution in [2.75, 3.05) is 0 Å². The van der Waals surface area contributed by atoms with Crippen LogP contribution in [0.1, 0.15) is 48.4 Å². The van der Waals surface area contributed by atoms with Gasteiger partial charge in [0.05, 0.1) is 0 Å². The van der Waals surface area contributed by atoms with Gasteiger partial charge in [0.25, 0.3) is 0 Å². The Morgan fingerprint density at radius 2 is 1.67 bits per heavy atom. The third kappa shape index (κ3) is 2.92. The second-order valence-electron chi connectivity index (χ2n) is 4.60. The molecule has 0 aliphatic carbocycles. The number of carbonyl (C=O) groups excluding carboxylic acids is 1. The quantitative estimate of drug-likeness (QED) is 0.733. The lowest BCUT2D eigenvalue weighted by molar-refractivity contribution is -0.117. The van der Waals surface area contributed by atoms with Crippen LogP contribution in [0.25, 0.3) is 0 Å². The highest BCUT2D eigenvalue weighted by molar-refractivity contribution is 5.76. The van der Waals surface area contributed by atoms with Crippen molar-refractivity contribution >= 4 is 5.78 Å². The zero-order chi connectivity index (χ0) is 11.6. The molecule has 82 valence electrons. The largest absolute Gasteiger partial charge is 0.300 e. The molecule has 15 heavy (non-hydrogen) atoms. The van der Waals surface area contributed by atoms with Gasteiger partial charge in [0.2, 0.25) is 0 Å². The van der Waals surface area contributed by atoms with Crippen LogP contribution in [0.5, 0.6) is 0 Å². The molecular weight excluding hydrogens is 184 g/mol. The summed E-state index contributed by atoms with van der Waals surface area (Å²) in [5.41, 5.74) is 5.25. The molecule has 1 aromatic rings. The van der Waals surface area contributed by atoms with Crippen LogP contribution in [0.15, 0.2) is 12.1 Å². The van der Waals surface area contributed by atoms with Gasteiger partial charge in [-0.05, 0) is 55.9 Å². The van der Waals surface area contributed by atoms with Crippen molar-refractivity contribution in [1.29, 1.82) is 0 Å². The van der Waals surface area contributed by atoms with Gasteiger partial charge in [-0.3, -0.25) is 0 Å². The maximum Gasteiger partial charge on any atom is 0.130 e. The van der Waals surface area contributed by atoms with Crippen LogP contribution >= 0.6 is 0 Å². The molecule has 0 N–H and O–H groups in total. The van der Waals surface area contributed by atoms with Crippen LogP contribution < -0.4 is 0 Å². The van der Waals surface area contributed by atoms with Crippen LogP contribution in [0, 0.1) is 20.8 Å². The van der Waals surface area contributed by atoms with E-state index >= 15 is 0 Å². The maximum absolute atomic E-state index is 11.1. The molecule has 0 fully saturated rings. The highest BCUT2D eigenvalue weighted by Gasteiger charge is 2.11. The van der Waals surface area contributed by atoms with Gasteiger partial charge in [0.15, 0.2) is 0 Å². The number of hydrogen-bond acceptors (Lipinski definition) is 1. The van der Waals surface area contributed by atoms with E-state index in [1.54, 1.807) is 6.92 Å². The van der Waals surface area contributed by atoms with Gasteiger partial charge in [-0.1, -0.05) is 19.1 Å². The molecule has 0 aliphatic rings. The Labute approximate surface area is 92.5 Å². The SMILES string of the molecule is CC(=O)CC(C)c1cc(C)c(C)cc1C. The fraction of sp³-hybridized carbons (Fsp3) is 0.500. The average Bonchev–Trinajstić information content (AvgIpc) is 2.09. The molecule has 1 unspecified atom stereocenters. The summed E-state index contributed by atoms with van der Waals surface area (Å²) in [6, 6.07) is 4.43. The van der Waals surface area contributed by atoms with Crippen LogP contribution in [-0.2, 0) is 4.79 Å². The van der Waals surface area contributed by atoms with E-state index in [0.29, 0.717) is 12.3 Å². The van der Waals surface area contributed by atoms with E-state index in [-0.39, 0.29) is 5.78 Å². The monoisotopic (exact) mass is 204 g/mol. The highest BCUT2D eigenvalue weighted by Crippen LogP contribution is 2.25. The van der Waals surface area contributed by atoms with E-state index in [1.807, 2.05) is 0 Å². The Kier molecular flexibility index (Phi) is 3.67. The molecule has 0 amide bonds. The fourth-order valence-corrected chi connectivity index (χ4v) is 2.05. The summed E-state index contributed by atoms with van der Waals surface area (Å²) >= 11 is 0. The summed E-state index contributed by atoms with van der Waals surface area (Å²) in [6.07, 6.45) is 0.642. The van der Waals surface area contributed by atoms with Crippen molar-refractivity contribution in [3.63, 3.8) is 0 Å². The Bertz CT molecular complexity index is 377. The minimum atomic E-state index is 0.264. The Balaban J connectivity index is 3.03. The Hall–Kier alpha value is -1.11. The minimum absolute atomic E-state index is 0.264. The molecule has 1 atom stereocenters. The molecular formula is C14H20O. The third-order valence-electron chi connectivity index (χ3n) is 3.01. The molecule has 1 rings (SSSR count). The van der Waals surface area contributed by atoms with Gasteiger partial charge >= 0.3 is 0 Å². The first-order valence-electron chi connectivity index (χ1n) is 5.49. The van der Waals surface area contributed by atoms with Crippen molar-refractivity contribution < 1.29 is 4.79 Å².